The molecular weight excluding hydrogens is 295 g/mol. The Kier molecular flexibility index (Phi) is 4.84. The van der Waals surface area contributed by atoms with Crippen LogP contribution in [0.15, 0.2) is 6.07 Å². The molecule has 0 spiro atoms. The van der Waals surface area contributed by atoms with Gasteiger partial charge in [-0.3, -0.25) is 9.59 Å². The van der Waals surface area contributed by atoms with E-state index in [4.69, 9.17) is 28.3 Å². The van der Waals surface area contributed by atoms with Gasteiger partial charge in [-0.05, 0) is 13.0 Å². The van der Waals surface area contributed by atoms with E-state index < -0.39 is 23.9 Å². The molecule has 3 N–H and O–H groups in total. The Morgan fingerprint density at radius 1 is 1.47 bits per heavy atom. The largest absolute Gasteiger partial charge is 0.481 e. The Labute approximate surface area is 119 Å². The van der Waals surface area contributed by atoms with Crippen LogP contribution in [-0.2, 0) is 11.8 Å². The molecule has 0 aliphatic heterocycles. The summed E-state index contributed by atoms with van der Waals surface area (Å²) in [5.74, 6) is -1.65. The summed E-state index contributed by atoms with van der Waals surface area (Å²) >= 11 is 11.6. The zero-order chi connectivity index (χ0) is 14.8. The molecule has 19 heavy (non-hydrogen) atoms. The molecule has 6 nitrogen and oxygen atoms in total. The van der Waals surface area contributed by atoms with Crippen LogP contribution in [0.25, 0.3) is 0 Å². The number of carbonyl (C=O) groups excluding carboxylic acids is 1. The number of carboxylic acid groups (broad SMARTS) is 1. The highest BCUT2D eigenvalue weighted by atomic mass is 35.5. The van der Waals surface area contributed by atoms with Crippen molar-refractivity contribution in [2.24, 2.45) is 7.05 Å². The predicted octanol–water partition coefficient (Wildman–Crippen LogP) is 1.29. The zero-order valence-corrected chi connectivity index (χ0v) is 11.9. The minimum atomic E-state index is -1.53. The Hall–Kier alpha value is -1.24. The Bertz CT molecular complexity index is 511. The molecule has 0 saturated heterocycles. The first-order valence-corrected chi connectivity index (χ1v) is 6.13. The molecule has 8 heteroatoms. The molecular formula is C11H14Cl2N2O4. The van der Waals surface area contributed by atoms with Gasteiger partial charge in [-0.25, -0.2) is 0 Å². The van der Waals surface area contributed by atoms with E-state index in [1.54, 1.807) is 7.05 Å². The fourth-order valence-corrected chi connectivity index (χ4v) is 1.89. The maximum atomic E-state index is 11.9. The number of amides is 1. The molecule has 106 valence electrons. The van der Waals surface area contributed by atoms with Crippen LogP contribution in [0, 0.1) is 0 Å². The van der Waals surface area contributed by atoms with Gasteiger partial charge in [0.15, 0.2) is 0 Å². The summed E-state index contributed by atoms with van der Waals surface area (Å²) in [5, 5.41) is 21.3. The number of nitrogens with one attached hydrogen (secondary N) is 1. The van der Waals surface area contributed by atoms with E-state index in [1.807, 2.05) is 0 Å². The summed E-state index contributed by atoms with van der Waals surface area (Å²) in [6.07, 6.45) is -0.470. The molecule has 1 amide bonds. The summed E-state index contributed by atoms with van der Waals surface area (Å²) < 4.78 is 1.39. The van der Waals surface area contributed by atoms with Gasteiger partial charge in [-0.1, -0.05) is 23.2 Å². The lowest BCUT2D eigenvalue weighted by atomic mass is 10.0. The first-order valence-electron chi connectivity index (χ1n) is 5.37. The van der Waals surface area contributed by atoms with E-state index in [0.29, 0.717) is 0 Å². The average molecular weight is 309 g/mol. The lowest BCUT2D eigenvalue weighted by molar-refractivity contribution is -0.141. The second-order valence-corrected chi connectivity index (χ2v) is 5.24. The average Bonchev–Trinajstić information content (AvgIpc) is 2.52. The highest BCUT2D eigenvalue weighted by molar-refractivity contribution is 6.41. The topological polar surface area (TPSA) is 91.6 Å². The van der Waals surface area contributed by atoms with Crippen molar-refractivity contribution in [2.45, 2.75) is 18.9 Å². The third kappa shape index (κ3) is 4.12. The molecule has 0 radical (unpaired) electrons. The third-order valence-corrected chi connectivity index (χ3v) is 3.35. The van der Waals surface area contributed by atoms with Crippen molar-refractivity contribution in [3.05, 3.63) is 21.9 Å². The van der Waals surface area contributed by atoms with Crippen molar-refractivity contribution in [1.82, 2.24) is 9.88 Å². The molecule has 1 unspecified atom stereocenters. The van der Waals surface area contributed by atoms with Crippen LogP contribution in [0.3, 0.4) is 0 Å². The first-order chi connectivity index (χ1) is 8.64. The Balaban J connectivity index is 2.70. The van der Waals surface area contributed by atoms with E-state index >= 15 is 0 Å². The van der Waals surface area contributed by atoms with E-state index in [0.717, 1.165) is 0 Å². The van der Waals surface area contributed by atoms with Crippen molar-refractivity contribution in [3.8, 4) is 0 Å². The number of aliphatic carboxylic acids is 1. The van der Waals surface area contributed by atoms with Crippen molar-refractivity contribution in [2.75, 3.05) is 6.54 Å². The van der Waals surface area contributed by atoms with Gasteiger partial charge >= 0.3 is 5.97 Å². The molecule has 0 bridgehead atoms. The Morgan fingerprint density at radius 3 is 2.47 bits per heavy atom. The number of carboxylic acids is 1. The SMILES string of the molecule is Cn1c(C(=O)NCC(C)(O)CC(=O)O)cc(Cl)c1Cl. The van der Waals surface area contributed by atoms with Crippen molar-refractivity contribution < 1.29 is 19.8 Å². The number of rotatable bonds is 5. The lowest BCUT2D eigenvalue weighted by Gasteiger charge is -2.21. The smallest absolute Gasteiger partial charge is 0.306 e. The van der Waals surface area contributed by atoms with Crippen LogP contribution < -0.4 is 5.32 Å². The number of halogens is 2. The van der Waals surface area contributed by atoms with E-state index in [2.05, 4.69) is 5.32 Å². The van der Waals surface area contributed by atoms with Gasteiger partial charge in [0.2, 0.25) is 0 Å². The summed E-state index contributed by atoms with van der Waals surface area (Å²) in [5.41, 5.74) is -1.30. The van der Waals surface area contributed by atoms with Gasteiger partial charge in [0, 0.05) is 13.6 Å². The van der Waals surface area contributed by atoms with Crippen molar-refractivity contribution in [1.29, 1.82) is 0 Å². The normalized spacial score (nSPS) is 13.9. The van der Waals surface area contributed by atoms with E-state index in [9.17, 15) is 14.7 Å². The molecule has 0 aliphatic carbocycles. The fraction of sp³-hybridized carbons (Fsp3) is 0.455. The van der Waals surface area contributed by atoms with Gasteiger partial charge < -0.3 is 20.1 Å². The molecule has 1 aromatic rings. The second-order valence-electron chi connectivity index (χ2n) is 4.48. The number of aromatic nitrogens is 1. The first kappa shape index (κ1) is 15.8. The van der Waals surface area contributed by atoms with Crippen LogP contribution in [-0.4, -0.2) is 38.8 Å². The van der Waals surface area contributed by atoms with Gasteiger partial charge in [0.25, 0.3) is 5.91 Å². The van der Waals surface area contributed by atoms with Gasteiger partial charge in [0.05, 0.1) is 17.0 Å². The quantitative estimate of drug-likeness (QED) is 0.764. The Morgan fingerprint density at radius 2 is 2.05 bits per heavy atom. The monoisotopic (exact) mass is 308 g/mol. The van der Waals surface area contributed by atoms with Crippen LogP contribution in [0.2, 0.25) is 10.2 Å². The van der Waals surface area contributed by atoms with Crippen LogP contribution in [0.5, 0.6) is 0 Å². The highest BCUT2D eigenvalue weighted by Crippen LogP contribution is 2.25. The number of aliphatic hydroxyl groups is 1. The standard InChI is InChI=1S/C11H14Cl2N2O4/c1-11(19,4-8(16)17)5-14-10(18)7-3-6(12)9(13)15(7)2/h3,19H,4-5H2,1-2H3,(H,14,18)(H,16,17). The number of hydrogen-bond acceptors (Lipinski definition) is 3. The van der Waals surface area contributed by atoms with Gasteiger partial charge in [0.1, 0.15) is 10.8 Å². The van der Waals surface area contributed by atoms with Crippen LogP contribution >= 0.6 is 23.2 Å². The molecule has 0 saturated carbocycles. The molecule has 0 aromatic carbocycles. The summed E-state index contributed by atoms with van der Waals surface area (Å²) in [6, 6.07) is 1.39. The lowest BCUT2D eigenvalue weighted by Crippen LogP contribution is -2.42. The molecule has 1 aromatic heterocycles. The second kappa shape index (κ2) is 5.81. The van der Waals surface area contributed by atoms with Crippen molar-refractivity contribution in [3.63, 3.8) is 0 Å². The number of nitrogens with zero attached hydrogens (tertiary/aromatic N) is 1. The molecule has 0 aliphatic rings. The predicted molar refractivity (Wildman–Crippen MR) is 70.6 cm³/mol. The van der Waals surface area contributed by atoms with Crippen LogP contribution in [0.4, 0.5) is 0 Å². The molecule has 0 fully saturated rings. The maximum Gasteiger partial charge on any atom is 0.306 e. The number of carbonyl (C=O) groups is 2. The van der Waals surface area contributed by atoms with Crippen molar-refractivity contribution >= 4 is 35.1 Å². The highest BCUT2D eigenvalue weighted by Gasteiger charge is 2.26. The maximum absolute atomic E-state index is 11.9. The third-order valence-electron chi connectivity index (χ3n) is 2.51. The fourth-order valence-electron chi connectivity index (χ4n) is 1.51. The van der Waals surface area contributed by atoms with E-state index in [-0.39, 0.29) is 22.4 Å². The van der Waals surface area contributed by atoms with E-state index in [1.165, 1.54) is 17.6 Å². The summed E-state index contributed by atoms with van der Waals surface area (Å²) in [4.78, 5) is 22.4. The minimum Gasteiger partial charge on any atom is -0.481 e. The van der Waals surface area contributed by atoms with Gasteiger partial charge in [-0.15, -0.1) is 0 Å². The zero-order valence-electron chi connectivity index (χ0n) is 10.4. The minimum absolute atomic E-state index is 0.196. The summed E-state index contributed by atoms with van der Waals surface area (Å²) in [7, 11) is 1.57. The van der Waals surface area contributed by atoms with Gasteiger partial charge in [-0.2, -0.15) is 0 Å². The molecule has 1 rings (SSSR count). The number of hydrogen-bond donors (Lipinski definition) is 3. The van der Waals surface area contributed by atoms with Crippen LogP contribution in [0.1, 0.15) is 23.8 Å². The summed E-state index contributed by atoms with van der Waals surface area (Å²) in [6.45, 7) is 1.13. The molecule has 1 heterocycles. The molecule has 1 atom stereocenters.